The summed E-state index contributed by atoms with van der Waals surface area (Å²) in [6.45, 7) is 3.46. The summed E-state index contributed by atoms with van der Waals surface area (Å²) in [5.74, 6) is -1.97. The summed E-state index contributed by atoms with van der Waals surface area (Å²) >= 11 is 6.91. The quantitative estimate of drug-likeness (QED) is 0.193. The van der Waals surface area contributed by atoms with E-state index >= 15 is 0 Å². The third-order valence-electron chi connectivity index (χ3n) is 5.74. The summed E-state index contributed by atoms with van der Waals surface area (Å²) in [6, 6.07) is 10.1. The van der Waals surface area contributed by atoms with E-state index < -0.39 is 23.7 Å². The van der Waals surface area contributed by atoms with Crippen LogP contribution < -0.4 is 14.4 Å². The molecule has 1 atom stereocenters. The number of carbonyl (C=O) groups is 3. The van der Waals surface area contributed by atoms with E-state index in [1.54, 1.807) is 56.3 Å². The largest absolute Gasteiger partial charge is 0.507 e. The van der Waals surface area contributed by atoms with Crippen molar-refractivity contribution in [2.45, 2.75) is 19.9 Å². The minimum absolute atomic E-state index is 0.109. The lowest BCUT2D eigenvalue weighted by atomic mass is 9.95. The summed E-state index contributed by atoms with van der Waals surface area (Å²) in [7, 11) is 2.95. The van der Waals surface area contributed by atoms with Crippen LogP contribution in [0.2, 0.25) is 5.02 Å². The van der Waals surface area contributed by atoms with Crippen LogP contribution in [0.15, 0.2) is 48.0 Å². The molecule has 3 aromatic rings. The summed E-state index contributed by atoms with van der Waals surface area (Å²) in [5.41, 5.74) is 0.961. The third kappa shape index (κ3) is 4.77. The van der Waals surface area contributed by atoms with Gasteiger partial charge in [0.15, 0.2) is 16.6 Å². The van der Waals surface area contributed by atoms with Gasteiger partial charge in [-0.3, -0.25) is 14.5 Å². The maximum Gasteiger partial charge on any atom is 0.350 e. The van der Waals surface area contributed by atoms with Gasteiger partial charge in [-0.05, 0) is 55.8 Å². The number of anilines is 1. The van der Waals surface area contributed by atoms with Gasteiger partial charge in [0.1, 0.15) is 10.6 Å². The summed E-state index contributed by atoms with van der Waals surface area (Å²) in [4.78, 5) is 44.9. The fourth-order valence-corrected chi connectivity index (χ4v) is 5.12. The second-order valence-corrected chi connectivity index (χ2v) is 9.34. The molecule has 0 saturated carbocycles. The highest BCUT2D eigenvalue weighted by molar-refractivity contribution is 7.17. The van der Waals surface area contributed by atoms with Gasteiger partial charge in [0.2, 0.25) is 0 Å². The van der Waals surface area contributed by atoms with E-state index in [0.29, 0.717) is 33.3 Å². The van der Waals surface area contributed by atoms with Crippen LogP contribution in [0.25, 0.3) is 5.76 Å². The zero-order valence-corrected chi connectivity index (χ0v) is 22.0. The molecule has 1 amide bonds. The molecule has 192 valence electrons. The number of methoxy groups -OCH3 is 2. The second kappa shape index (κ2) is 10.6. The number of hydrogen-bond acceptors (Lipinski definition) is 9. The predicted octanol–water partition coefficient (Wildman–Crippen LogP) is 4.93. The SMILES string of the molecule is CCOC(=O)c1sc(N2C(=O)C(=O)/C(=C(/O)c3ccc(Cl)cc3)C2c2ccc(OC)c(OC)c2)nc1C. The van der Waals surface area contributed by atoms with Gasteiger partial charge in [-0.2, -0.15) is 0 Å². The zero-order chi connectivity index (χ0) is 26.9. The molecule has 9 nitrogen and oxygen atoms in total. The van der Waals surface area contributed by atoms with Gasteiger partial charge in [0.25, 0.3) is 5.78 Å². The third-order valence-corrected chi connectivity index (χ3v) is 7.13. The Labute approximate surface area is 221 Å². The van der Waals surface area contributed by atoms with E-state index in [2.05, 4.69) is 4.98 Å². The number of aryl methyl sites for hydroxylation is 1. The number of hydrogen-bond donors (Lipinski definition) is 1. The van der Waals surface area contributed by atoms with Crippen LogP contribution in [0.5, 0.6) is 11.5 Å². The molecule has 1 aromatic heterocycles. The van der Waals surface area contributed by atoms with E-state index in [1.165, 1.54) is 19.1 Å². The van der Waals surface area contributed by atoms with Gasteiger partial charge in [0, 0.05) is 10.6 Å². The van der Waals surface area contributed by atoms with Crippen LogP contribution in [-0.4, -0.2) is 48.6 Å². The Morgan fingerprint density at radius 3 is 2.41 bits per heavy atom. The van der Waals surface area contributed by atoms with Crippen molar-refractivity contribution in [3.05, 3.63) is 74.8 Å². The number of thiazole rings is 1. The summed E-state index contributed by atoms with van der Waals surface area (Å²) < 4.78 is 15.8. The van der Waals surface area contributed by atoms with Gasteiger partial charge >= 0.3 is 11.9 Å². The number of benzene rings is 2. The Morgan fingerprint density at radius 1 is 1.11 bits per heavy atom. The van der Waals surface area contributed by atoms with E-state index in [0.717, 1.165) is 11.3 Å². The molecule has 0 radical (unpaired) electrons. The van der Waals surface area contributed by atoms with Crippen LogP contribution in [0.4, 0.5) is 5.13 Å². The summed E-state index contributed by atoms with van der Waals surface area (Å²) in [5, 5.41) is 11.8. The molecule has 11 heteroatoms. The second-order valence-electron chi connectivity index (χ2n) is 7.92. The first-order valence-electron chi connectivity index (χ1n) is 11.1. The number of ether oxygens (including phenoxy) is 3. The van der Waals surface area contributed by atoms with Gasteiger partial charge in [-0.25, -0.2) is 9.78 Å². The molecule has 1 fully saturated rings. The molecule has 1 unspecified atom stereocenters. The Hall–Kier alpha value is -3.89. The fourth-order valence-electron chi connectivity index (χ4n) is 4.00. The number of rotatable bonds is 7. The average Bonchev–Trinajstić information content (AvgIpc) is 3.40. The topological polar surface area (TPSA) is 115 Å². The lowest BCUT2D eigenvalue weighted by molar-refractivity contribution is -0.132. The zero-order valence-electron chi connectivity index (χ0n) is 20.4. The van der Waals surface area contributed by atoms with Crippen LogP contribution in [0, 0.1) is 6.92 Å². The van der Waals surface area contributed by atoms with Crippen molar-refractivity contribution >= 4 is 51.5 Å². The Balaban J connectivity index is 1.94. The number of aromatic nitrogens is 1. The molecule has 37 heavy (non-hydrogen) atoms. The molecule has 1 N–H and O–H groups in total. The number of carbonyl (C=O) groups excluding carboxylic acids is 3. The van der Waals surface area contributed by atoms with Gasteiger partial charge in [0.05, 0.1) is 38.1 Å². The number of halogens is 1. The number of amides is 1. The van der Waals surface area contributed by atoms with Gasteiger partial charge in [-0.1, -0.05) is 29.0 Å². The first-order chi connectivity index (χ1) is 17.7. The van der Waals surface area contributed by atoms with Crippen molar-refractivity contribution in [1.29, 1.82) is 0 Å². The molecular formula is C26H23ClN2O7S. The predicted molar refractivity (Wildman–Crippen MR) is 139 cm³/mol. The fraction of sp³-hybridized carbons (Fsp3) is 0.231. The molecule has 0 bridgehead atoms. The van der Waals surface area contributed by atoms with Crippen molar-refractivity contribution in [2.75, 3.05) is 25.7 Å². The monoisotopic (exact) mass is 542 g/mol. The molecule has 1 saturated heterocycles. The normalized spacial score (nSPS) is 16.7. The molecule has 2 heterocycles. The lowest BCUT2D eigenvalue weighted by Crippen LogP contribution is -2.29. The average molecular weight is 543 g/mol. The smallest absolute Gasteiger partial charge is 0.350 e. The van der Waals surface area contributed by atoms with E-state index in [9.17, 15) is 19.5 Å². The molecule has 1 aliphatic heterocycles. The number of Topliss-reactive ketones (excluding diaryl/α,β-unsaturated/α-hetero) is 1. The number of aliphatic hydroxyl groups is 1. The maximum atomic E-state index is 13.4. The number of esters is 1. The van der Waals surface area contributed by atoms with Crippen molar-refractivity contribution in [3.63, 3.8) is 0 Å². The highest BCUT2D eigenvalue weighted by Crippen LogP contribution is 2.45. The highest BCUT2D eigenvalue weighted by Gasteiger charge is 2.48. The number of ketones is 1. The molecule has 0 aliphatic carbocycles. The van der Waals surface area contributed by atoms with Crippen LogP contribution in [0.3, 0.4) is 0 Å². The van der Waals surface area contributed by atoms with Crippen molar-refractivity contribution in [3.8, 4) is 11.5 Å². The standard InChI is InChI=1S/C26H23ClN2O7S/c1-5-36-25(33)23-13(2)28-26(37-23)29-20(15-8-11-17(34-3)18(12-15)35-4)19(22(31)24(29)32)21(30)14-6-9-16(27)10-7-14/h6-12,20,30H,5H2,1-4H3/b21-19+. The molecule has 2 aromatic carbocycles. The first-order valence-corrected chi connectivity index (χ1v) is 12.3. The first kappa shape index (κ1) is 26.2. The van der Waals surface area contributed by atoms with Gasteiger partial charge < -0.3 is 19.3 Å². The Bertz CT molecular complexity index is 1410. The van der Waals surface area contributed by atoms with Crippen molar-refractivity contribution in [2.24, 2.45) is 0 Å². The molecule has 0 spiro atoms. The van der Waals surface area contributed by atoms with Crippen molar-refractivity contribution in [1.82, 2.24) is 4.98 Å². The maximum absolute atomic E-state index is 13.4. The minimum Gasteiger partial charge on any atom is -0.507 e. The molecule has 1 aliphatic rings. The Morgan fingerprint density at radius 2 is 1.78 bits per heavy atom. The van der Waals surface area contributed by atoms with Gasteiger partial charge in [-0.15, -0.1) is 0 Å². The van der Waals surface area contributed by atoms with Crippen molar-refractivity contribution < 1.29 is 33.7 Å². The van der Waals surface area contributed by atoms with Crippen LogP contribution in [0.1, 0.15) is 39.5 Å². The minimum atomic E-state index is -1.07. The molecular weight excluding hydrogens is 520 g/mol. The number of aliphatic hydroxyl groups excluding tert-OH is 1. The summed E-state index contributed by atoms with van der Waals surface area (Å²) in [6.07, 6.45) is 0. The molecule has 4 rings (SSSR count). The lowest BCUT2D eigenvalue weighted by Gasteiger charge is -2.23. The Kier molecular flexibility index (Phi) is 7.51. The van der Waals surface area contributed by atoms with Crippen LogP contribution in [-0.2, 0) is 14.3 Å². The van der Waals surface area contributed by atoms with Crippen LogP contribution >= 0.6 is 22.9 Å². The van der Waals surface area contributed by atoms with E-state index in [4.69, 9.17) is 25.8 Å². The highest BCUT2D eigenvalue weighted by atomic mass is 35.5. The number of nitrogens with zero attached hydrogens (tertiary/aromatic N) is 2. The van der Waals surface area contributed by atoms with E-state index in [-0.39, 0.29) is 27.9 Å². The van der Waals surface area contributed by atoms with E-state index in [1.807, 2.05) is 0 Å².